The number of amides is 2. The molecule has 2 N–H and O–H groups in total. The minimum atomic E-state index is -0.653. The predicted molar refractivity (Wildman–Crippen MR) is 124 cm³/mol. The molecule has 4 rings (SSSR count). The van der Waals surface area contributed by atoms with Gasteiger partial charge in [0.05, 0.1) is 17.0 Å². The molecule has 1 aromatic carbocycles. The molecule has 0 saturated carbocycles. The van der Waals surface area contributed by atoms with Crippen LogP contribution in [0.25, 0.3) is 10.9 Å². The fourth-order valence-electron chi connectivity index (χ4n) is 4.33. The number of carbonyl (C=O) groups is 2. The van der Waals surface area contributed by atoms with Gasteiger partial charge in [0, 0.05) is 36.9 Å². The highest BCUT2D eigenvalue weighted by atomic mass is 16.6. The largest absolute Gasteiger partial charge is 0.355 e. The maximum absolute atomic E-state index is 13.2. The molecule has 3 heterocycles. The quantitative estimate of drug-likeness (QED) is 0.488. The fraction of sp³-hybridized carbons (Fsp3) is 0.435. The maximum Gasteiger partial charge on any atom is 0.274 e. The van der Waals surface area contributed by atoms with Crippen molar-refractivity contribution in [1.29, 1.82) is 0 Å². The summed E-state index contributed by atoms with van der Waals surface area (Å²) in [6, 6.07) is 8.51. The van der Waals surface area contributed by atoms with E-state index in [2.05, 4.69) is 15.6 Å². The minimum absolute atomic E-state index is 0.0366. The standard InChI is InChI=1S/C23H28N6O4/c30-22(27-11-3-4-12-27)16-28-13-2-1-7-20(23(28)31)26-21(15-29(32)33)25-18-8-9-19-17(14-18)6-5-10-24-19/h5-6,8-10,14-15,20,25-26H,1-4,7,11-13,16H2. The number of aromatic nitrogens is 1. The molecule has 2 amide bonds. The van der Waals surface area contributed by atoms with Crippen LogP contribution in [-0.4, -0.2) is 63.7 Å². The highest BCUT2D eigenvalue weighted by Crippen LogP contribution is 2.20. The molecule has 0 bridgehead atoms. The zero-order valence-electron chi connectivity index (χ0n) is 18.4. The monoisotopic (exact) mass is 452 g/mol. The van der Waals surface area contributed by atoms with Gasteiger partial charge in [-0.2, -0.15) is 0 Å². The molecule has 10 nitrogen and oxygen atoms in total. The van der Waals surface area contributed by atoms with Crippen LogP contribution in [0.15, 0.2) is 48.5 Å². The van der Waals surface area contributed by atoms with Gasteiger partial charge in [-0.1, -0.05) is 6.07 Å². The number of nitrogens with zero attached hydrogens (tertiary/aromatic N) is 4. The summed E-state index contributed by atoms with van der Waals surface area (Å²) in [5.74, 6) is -0.126. The van der Waals surface area contributed by atoms with E-state index in [-0.39, 0.29) is 24.2 Å². The maximum atomic E-state index is 13.2. The fourth-order valence-corrected chi connectivity index (χ4v) is 4.33. The van der Waals surface area contributed by atoms with Crippen molar-refractivity contribution in [3.05, 3.63) is 58.7 Å². The third-order valence-electron chi connectivity index (χ3n) is 6.01. The molecule has 0 aliphatic carbocycles. The number of likely N-dealkylation sites (tertiary alicyclic amines) is 2. The summed E-state index contributed by atoms with van der Waals surface area (Å²) in [4.78, 5) is 44.1. The van der Waals surface area contributed by atoms with E-state index in [1.807, 2.05) is 24.3 Å². The van der Waals surface area contributed by atoms with Gasteiger partial charge < -0.3 is 20.4 Å². The summed E-state index contributed by atoms with van der Waals surface area (Å²) in [7, 11) is 0. The van der Waals surface area contributed by atoms with Crippen molar-refractivity contribution in [3.63, 3.8) is 0 Å². The number of carbonyl (C=O) groups excluding carboxylic acids is 2. The SMILES string of the molecule is O=C(CN1CCCCC(NC(=C[N+](=O)[O-])Nc2ccc3ncccc3c2)C1=O)N1CCCC1. The van der Waals surface area contributed by atoms with E-state index < -0.39 is 11.0 Å². The minimum Gasteiger partial charge on any atom is -0.355 e. The van der Waals surface area contributed by atoms with Crippen molar-refractivity contribution in [2.75, 3.05) is 31.5 Å². The van der Waals surface area contributed by atoms with Crippen molar-refractivity contribution in [2.45, 2.75) is 38.1 Å². The van der Waals surface area contributed by atoms with E-state index in [9.17, 15) is 19.7 Å². The average molecular weight is 453 g/mol. The lowest BCUT2D eigenvalue weighted by Gasteiger charge is -2.27. The molecule has 2 fully saturated rings. The number of pyridine rings is 1. The molecule has 174 valence electrons. The second-order valence-corrected chi connectivity index (χ2v) is 8.40. The van der Waals surface area contributed by atoms with Gasteiger partial charge in [0.1, 0.15) is 6.04 Å². The van der Waals surface area contributed by atoms with E-state index in [0.717, 1.165) is 55.9 Å². The normalized spacial score (nSPS) is 19.5. The molecule has 10 heteroatoms. The number of hydrogen-bond donors (Lipinski definition) is 2. The van der Waals surface area contributed by atoms with Gasteiger partial charge in [0.2, 0.25) is 11.8 Å². The van der Waals surface area contributed by atoms with Gasteiger partial charge in [-0.25, -0.2) is 0 Å². The molecule has 2 aliphatic rings. The predicted octanol–water partition coefficient (Wildman–Crippen LogP) is 2.32. The summed E-state index contributed by atoms with van der Waals surface area (Å²) < 4.78 is 0. The Morgan fingerprint density at radius 1 is 1.18 bits per heavy atom. The molecule has 1 atom stereocenters. The molecular formula is C23H28N6O4. The first-order valence-corrected chi connectivity index (χ1v) is 11.3. The van der Waals surface area contributed by atoms with Crippen LogP contribution >= 0.6 is 0 Å². The van der Waals surface area contributed by atoms with Crippen molar-refractivity contribution in [3.8, 4) is 0 Å². The van der Waals surface area contributed by atoms with Crippen LogP contribution in [0.2, 0.25) is 0 Å². The molecule has 1 unspecified atom stereocenters. The molecule has 2 aromatic rings. The first-order chi connectivity index (χ1) is 16.0. The summed E-state index contributed by atoms with van der Waals surface area (Å²) in [6.45, 7) is 2.04. The van der Waals surface area contributed by atoms with Crippen molar-refractivity contribution in [1.82, 2.24) is 20.1 Å². The van der Waals surface area contributed by atoms with E-state index in [1.165, 1.54) is 0 Å². The number of anilines is 1. The topological polar surface area (TPSA) is 121 Å². The van der Waals surface area contributed by atoms with E-state index in [4.69, 9.17) is 0 Å². The van der Waals surface area contributed by atoms with Gasteiger partial charge >= 0.3 is 0 Å². The average Bonchev–Trinajstić information content (AvgIpc) is 3.29. The molecule has 2 aliphatic heterocycles. The van der Waals surface area contributed by atoms with Crippen LogP contribution < -0.4 is 10.6 Å². The Morgan fingerprint density at radius 2 is 1.97 bits per heavy atom. The molecule has 1 aromatic heterocycles. The number of benzene rings is 1. The van der Waals surface area contributed by atoms with E-state index in [1.54, 1.807) is 22.1 Å². The van der Waals surface area contributed by atoms with Gasteiger partial charge in [-0.15, -0.1) is 0 Å². The van der Waals surface area contributed by atoms with Gasteiger partial charge in [-0.3, -0.25) is 24.7 Å². The van der Waals surface area contributed by atoms with Gasteiger partial charge in [0.25, 0.3) is 6.20 Å². The summed E-state index contributed by atoms with van der Waals surface area (Å²) >= 11 is 0. The highest BCUT2D eigenvalue weighted by molar-refractivity contribution is 5.88. The highest BCUT2D eigenvalue weighted by Gasteiger charge is 2.30. The Labute approximate surface area is 191 Å². The zero-order chi connectivity index (χ0) is 23.2. The lowest BCUT2D eigenvalue weighted by Crippen LogP contribution is -2.49. The van der Waals surface area contributed by atoms with E-state index >= 15 is 0 Å². The van der Waals surface area contributed by atoms with Crippen molar-refractivity contribution in [2.24, 2.45) is 0 Å². The molecule has 0 radical (unpaired) electrons. The van der Waals surface area contributed by atoms with Crippen molar-refractivity contribution >= 4 is 28.4 Å². The number of fused-ring (bicyclic) bond motifs is 1. The summed E-state index contributed by atoms with van der Waals surface area (Å²) in [5, 5.41) is 18.2. The Hall–Kier alpha value is -3.69. The molecule has 33 heavy (non-hydrogen) atoms. The number of hydrogen-bond acceptors (Lipinski definition) is 7. The first-order valence-electron chi connectivity index (χ1n) is 11.3. The van der Waals surface area contributed by atoms with Crippen LogP contribution in [0.5, 0.6) is 0 Å². The van der Waals surface area contributed by atoms with E-state index in [0.29, 0.717) is 18.7 Å². The molecular weight excluding hydrogens is 424 g/mol. The van der Waals surface area contributed by atoms with Crippen LogP contribution in [0.4, 0.5) is 5.69 Å². The smallest absolute Gasteiger partial charge is 0.274 e. The van der Waals surface area contributed by atoms with Gasteiger partial charge in [0.15, 0.2) is 5.82 Å². The Kier molecular flexibility index (Phi) is 7.01. The van der Waals surface area contributed by atoms with Crippen LogP contribution in [0.1, 0.15) is 32.1 Å². The lowest BCUT2D eigenvalue weighted by atomic mass is 10.1. The van der Waals surface area contributed by atoms with Crippen LogP contribution in [0, 0.1) is 10.1 Å². The van der Waals surface area contributed by atoms with Gasteiger partial charge in [-0.05, 0) is 56.4 Å². The number of nitrogens with one attached hydrogen (secondary N) is 2. The molecule has 2 saturated heterocycles. The number of nitro groups is 1. The zero-order valence-corrected chi connectivity index (χ0v) is 18.4. The second kappa shape index (κ2) is 10.3. The molecule has 0 spiro atoms. The summed E-state index contributed by atoms with van der Waals surface area (Å²) in [5.41, 5.74) is 1.45. The summed E-state index contributed by atoms with van der Waals surface area (Å²) in [6.07, 6.45) is 6.62. The Bertz CT molecular complexity index is 1070. The Balaban J connectivity index is 1.47. The van der Waals surface area contributed by atoms with Crippen molar-refractivity contribution < 1.29 is 14.5 Å². The number of rotatable bonds is 7. The lowest BCUT2D eigenvalue weighted by molar-refractivity contribution is -0.403. The first kappa shape index (κ1) is 22.5. The Morgan fingerprint density at radius 3 is 2.76 bits per heavy atom. The second-order valence-electron chi connectivity index (χ2n) is 8.40. The van der Waals surface area contributed by atoms with Crippen LogP contribution in [-0.2, 0) is 9.59 Å². The third-order valence-corrected chi connectivity index (χ3v) is 6.01. The van der Waals surface area contributed by atoms with Crippen LogP contribution in [0.3, 0.4) is 0 Å². The third kappa shape index (κ3) is 5.76.